The van der Waals surface area contributed by atoms with E-state index in [2.05, 4.69) is 15.8 Å². The van der Waals surface area contributed by atoms with Crippen molar-refractivity contribution in [2.24, 2.45) is 5.10 Å². The number of carbonyl (C=O) groups is 2. The van der Waals surface area contributed by atoms with Crippen LogP contribution < -0.4 is 15.5 Å². The van der Waals surface area contributed by atoms with Crippen LogP contribution in [0.3, 0.4) is 0 Å². The van der Waals surface area contributed by atoms with Crippen LogP contribution in [0.15, 0.2) is 90.0 Å². The molecule has 0 heterocycles. The second-order valence-electron chi connectivity index (χ2n) is 7.21. The van der Waals surface area contributed by atoms with Gasteiger partial charge < -0.3 is 10.1 Å². The smallest absolute Gasteiger partial charge is 0.257 e. The van der Waals surface area contributed by atoms with Gasteiger partial charge in [0.2, 0.25) is 5.91 Å². The monoisotopic (exact) mass is 461 g/mol. The molecule has 0 saturated carbocycles. The van der Waals surface area contributed by atoms with E-state index in [4.69, 9.17) is 4.74 Å². The van der Waals surface area contributed by atoms with E-state index in [1.165, 1.54) is 22.9 Å². The molecule has 2 N–H and O–H groups in total. The number of ether oxygens (including phenoxy) is 1. The lowest BCUT2D eigenvalue weighted by atomic mass is 10.1. The molecule has 0 fully saturated rings. The average molecular weight is 462 g/mol. The molecular formula is C26H27N3O3S. The number of nitrogens with one attached hydrogen (secondary N) is 2. The molecule has 0 saturated heterocycles. The Hall–Kier alpha value is -3.58. The molecule has 0 radical (unpaired) electrons. The average Bonchev–Trinajstić information content (AvgIpc) is 2.85. The standard InChI is InChI=1S/C26H27N3O3S/c30-25(27-16-15-21-7-3-1-4-8-21)18-32-24-13-11-22(12-14-24)17-28-29-26(31)20-33-19-23-9-5-2-6-10-23/h1-14,17H,15-16,18-20H2,(H,27,30)(H,29,31)/b28-17-. The van der Waals surface area contributed by atoms with E-state index >= 15 is 0 Å². The molecule has 3 aromatic carbocycles. The fourth-order valence-corrected chi connectivity index (χ4v) is 3.67. The van der Waals surface area contributed by atoms with Gasteiger partial charge in [0, 0.05) is 12.3 Å². The van der Waals surface area contributed by atoms with Gasteiger partial charge in [0.05, 0.1) is 12.0 Å². The second kappa shape index (κ2) is 13.8. The van der Waals surface area contributed by atoms with Crippen molar-refractivity contribution in [3.63, 3.8) is 0 Å². The van der Waals surface area contributed by atoms with E-state index in [1.807, 2.05) is 72.8 Å². The van der Waals surface area contributed by atoms with Crippen molar-refractivity contribution >= 4 is 29.8 Å². The Morgan fingerprint density at radius 2 is 1.52 bits per heavy atom. The first-order valence-electron chi connectivity index (χ1n) is 10.7. The van der Waals surface area contributed by atoms with Crippen molar-refractivity contribution in [1.29, 1.82) is 0 Å². The number of hydrogen-bond donors (Lipinski definition) is 2. The lowest BCUT2D eigenvalue weighted by molar-refractivity contribution is -0.123. The first-order chi connectivity index (χ1) is 16.2. The highest BCUT2D eigenvalue weighted by atomic mass is 32.2. The Kier molecular flexibility index (Phi) is 10.0. The maximum atomic E-state index is 11.9. The normalized spacial score (nSPS) is 10.7. The van der Waals surface area contributed by atoms with Gasteiger partial charge in [-0.1, -0.05) is 60.7 Å². The first-order valence-corrected chi connectivity index (χ1v) is 11.8. The van der Waals surface area contributed by atoms with Crippen molar-refractivity contribution in [2.45, 2.75) is 12.2 Å². The van der Waals surface area contributed by atoms with Gasteiger partial charge >= 0.3 is 0 Å². The Balaban J connectivity index is 1.30. The highest BCUT2D eigenvalue weighted by molar-refractivity contribution is 7.99. The summed E-state index contributed by atoms with van der Waals surface area (Å²) in [6.45, 7) is 0.525. The van der Waals surface area contributed by atoms with E-state index in [0.29, 0.717) is 18.0 Å². The summed E-state index contributed by atoms with van der Waals surface area (Å²) >= 11 is 1.54. The number of carbonyl (C=O) groups excluding carboxylic acids is 2. The van der Waals surface area contributed by atoms with E-state index < -0.39 is 0 Å². The number of hydrazone groups is 1. The molecule has 170 valence electrons. The third-order valence-electron chi connectivity index (χ3n) is 4.58. The molecule has 0 bridgehead atoms. The van der Waals surface area contributed by atoms with Gasteiger partial charge in [0.1, 0.15) is 5.75 Å². The first kappa shape index (κ1) is 24.1. The number of benzene rings is 3. The van der Waals surface area contributed by atoms with Gasteiger partial charge in [0.15, 0.2) is 6.61 Å². The van der Waals surface area contributed by atoms with Gasteiger partial charge in [-0.15, -0.1) is 11.8 Å². The van der Waals surface area contributed by atoms with Crippen LogP contribution in [0.1, 0.15) is 16.7 Å². The molecule has 0 aliphatic carbocycles. The van der Waals surface area contributed by atoms with Crippen molar-refractivity contribution < 1.29 is 14.3 Å². The number of rotatable bonds is 12. The van der Waals surface area contributed by atoms with Crippen LogP contribution in [0, 0.1) is 0 Å². The topological polar surface area (TPSA) is 79.8 Å². The number of amides is 2. The maximum Gasteiger partial charge on any atom is 0.257 e. The minimum absolute atomic E-state index is 0.0427. The third kappa shape index (κ3) is 9.62. The largest absolute Gasteiger partial charge is 0.484 e. The molecule has 0 aliphatic heterocycles. The summed E-state index contributed by atoms with van der Waals surface area (Å²) in [5.41, 5.74) is 5.71. The Bertz CT molecular complexity index is 1030. The van der Waals surface area contributed by atoms with E-state index in [0.717, 1.165) is 17.7 Å². The van der Waals surface area contributed by atoms with Crippen molar-refractivity contribution in [2.75, 3.05) is 18.9 Å². The van der Waals surface area contributed by atoms with Crippen molar-refractivity contribution in [3.05, 3.63) is 102 Å². The Morgan fingerprint density at radius 1 is 0.848 bits per heavy atom. The molecule has 2 amide bonds. The van der Waals surface area contributed by atoms with Crippen molar-refractivity contribution in [3.8, 4) is 5.75 Å². The second-order valence-corrected chi connectivity index (χ2v) is 8.20. The minimum atomic E-state index is -0.163. The Morgan fingerprint density at radius 3 is 2.21 bits per heavy atom. The third-order valence-corrected chi connectivity index (χ3v) is 5.58. The number of nitrogens with zero attached hydrogens (tertiary/aromatic N) is 1. The van der Waals surface area contributed by atoms with Crippen molar-refractivity contribution in [1.82, 2.24) is 10.7 Å². The van der Waals surface area contributed by atoms with Crippen LogP contribution in [0.25, 0.3) is 0 Å². The van der Waals surface area contributed by atoms with Gasteiger partial charge in [-0.3, -0.25) is 9.59 Å². The summed E-state index contributed by atoms with van der Waals surface area (Å²) < 4.78 is 5.52. The highest BCUT2D eigenvalue weighted by Crippen LogP contribution is 2.12. The zero-order valence-electron chi connectivity index (χ0n) is 18.3. The fraction of sp³-hybridized carbons (Fsp3) is 0.192. The number of thioether (sulfide) groups is 1. The fourth-order valence-electron chi connectivity index (χ4n) is 2.89. The predicted octanol–water partition coefficient (Wildman–Crippen LogP) is 3.81. The SMILES string of the molecule is O=C(COc1ccc(/C=N\NC(=O)CSCc2ccccc2)cc1)NCCc1ccccc1. The molecule has 33 heavy (non-hydrogen) atoms. The molecule has 0 atom stereocenters. The molecule has 6 nitrogen and oxygen atoms in total. The van der Waals surface area contributed by atoms with Gasteiger partial charge in [-0.2, -0.15) is 5.10 Å². The summed E-state index contributed by atoms with van der Waals surface area (Å²) in [6.07, 6.45) is 2.35. The van der Waals surface area contributed by atoms with Crippen LogP contribution >= 0.6 is 11.8 Å². The highest BCUT2D eigenvalue weighted by Gasteiger charge is 2.03. The summed E-state index contributed by atoms with van der Waals surface area (Å²) in [6, 6.07) is 27.1. The lowest BCUT2D eigenvalue weighted by Crippen LogP contribution is -2.30. The molecular weight excluding hydrogens is 434 g/mol. The van der Waals surface area contributed by atoms with Crippen LogP contribution in [0.2, 0.25) is 0 Å². The minimum Gasteiger partial charge on any atom is -0.484 e. The van der Waals surface area contributed by atoms with Crippen LogP contribution in [0.4, 0.5) is 0 Å². The molecule has 7 heteroatoms. The lowest BCUT2D eigenvalue weighted by Gasteiger charge is -2.08. The summed E-state index contributed by atoms with van der Waals surface area (Å²) in [4.78, 5) is 23.8. The van der Waals surface area contributed by atoms with Gasteiger partial charge in [0.25, 0.3) is 5.91 Å². The summed E-state index contributed by atoms with van der Waals surface area (Å²) in [5.74, 6) is 1.40. The molecule has 0 aliphatic rings. The molecule has 3 rings (SSSR count). The summed E-state index contributed by atoms with van der Waals surface area (Å²) in [5, 5.41) is 6.83. The summed E-state index contributed by atoms with van der Waals surface area (Å²) in [7, 11) is 0. The van der Waals surface area contributed by atoms with Gasteiger partial charge in [-0.25, -0.2) is 5.43 Å². The number of hydrogen-bond acceptors (Lipinski definition) is 5. The van der Waals surface area contributed by atoms with Crippen LogP contribution in [-0.2, 0) is 21.8 Å². The van der Waals surface area contributed by atoms with E-state index in [9.17, 15) is 9.59 Å². The maximum absolute atomic E-state index is 11.9. The van der Waals surface area contributed by atoms with E-state index in [-0.39, 0.29) is 18.4 Å². The zero-order chi connectivity index (χ0) is 23.1. The molecule has 0 spiro atoms. The predicted molar refractivity (Wildman–Crippen MR) is 133 cm³/mol. The van der Waals surface area contributed by atoms with E-state index in [1.54, 1.807) is 18.3 Å². The molecule has 3 aromatic rings. The quantitative estimate of drug-likeness (QED) is 0.318. The Labute approximate surface area is 198 Å². The molecule has 0 unspecified atom stereocenters. The molecule has 0 aromatic heterocycles. The zero-order valence-corrected chi connectivity index (χ0v) is 19.1. The van der Waals surface area contributed by atoms with Gasteiger partial charge in [-0.05, 0) is 47.4 Å². The van der Waals surface area contributed by atoms with Crippen LogP contribution in [-0.4, -0.2) is 36.9 Å². The van der Waals surface area contributed by atoms with Crippen LogP contribution in [0.5, 0.6) is 5.75 Å².